The summed E-state index contributed by atoms with van der Waals surface area (Å²) in [6, 6.07) is 2.90. The third kappa shape index (κ3) is 8.18. The standard InChI is InChI=1S/C17H17Cl6N3O5/c1-15(2)6-12(27)25(7-15)10-3-4-24-11(5-10)26(13(28)30-8-16(18,19)20)14(29)31-9-17(21,22)23/h3-5H,6-9H2,1-2H3. The molecule has 0 unspecified atom stereocenters. The van der Waals surface area contributed by atoms with Crippen LogP contribution in [-0.4, -0.2) is 50.4 Å². The van der Waals surface area contributed by atoms with E-state index >= 15 is 0 Å². The number of carbonyl (C=O) groups is 3. The van der Waals surface area contributed by atoms with Crippen LogP contribution in [0.25, 0.3) is 0 Å². The lowest BCUT2D eigenvalue weighted by atomic mass is 9.93. The number of nitrogens with zero attached hydrogens (tertiary/aromatic N) is 3. The lowest BCUT2D eigenvalue weighted by molar-refractivity contribution is -0.117. The van der Waals surface area contributed by atoms with Crippen LogP contribution >= 0.6 is 69.6 Å². The first kappa shape index (κ1) is 26.4. The van der Waals surface area contributed by atoms with Crippen molar-refractivity contribution in [1.82, 2.24) is 4.98 Å². The Balaban J connectivity index is 2.33. The Morgan fingerprint density at radius 2 is 1.61 bits per heavy atom. The molecule has 0 aromatic carbocycles. The highest BCUT2D eigenvalue weighted by atomic mass is 35.6. The third-order valence-electron chi connectivity index (χ3n) is 3.87. The smallest absolute Gasteiger partial charge is 0.425 e. The summed E-state index contributed by atoms with van der Waals surface area (Å²) in [5.41, 5.74) is 0.168. The zero-order valence-corrected chi connectivity index (χ0v) is 20.7. The minimum Gasteiger partial charge on any atom is -0.444 e. The molecule has 0 spiro atoms. The van der Waals surface area contributed by atoms with Crippen LogP contribution < -0.4 is 9.80 Å². The van der Waals surface area contributed by atoms with Crippen LogP contribution in [0, 0.1) is 5.41 Å². The van der Waals surface area contributed by atoms with E-state index < -0.39 is 33.0 Å². The fraction of sp³-hybridized carbons (Fsp3) is 0.529. The Hall–Kier alpha value is -0.900. The van der Waals surface area contributed by atoms with Gasteiger partial charge < -0.3 is 14.4 Å². The molecule has 172 valence electrons. The van der Waals surface area contributed by atoms with E-state index in [0.717, 1.165) is 0 Å². The molecular formula is C17H17Cl6N3O5. The number of carbonyl (C=O) groups excluding carboxylic acids is 3. The normalized spacial score (nSPS) is 16.3. The minimum atomic E-state index is -1.92. The number of halogens is 6. The van der Waals surface area contributed by atoms with Crippen LogP contribution in [0.4, 0.5) is 21.1 Å². The highest BCUT2D eigenvalue weighted by Crippen LogP contribution is 2.35. The van der Waals surface area contributed by atoms with Gasteiger partial charge in [0.15, 0.2) is 5.82 Å². The summed E-state index contributed by atoms with van der Waals surface area (Å²) in [7, 11) is 0. The number of pyridine rings is 1. The van der Waals surface area contributed by atoms with E-state index in [1.807, 2.05) is 13.8 Å². The number of hydrogen-bond donors (Lipinski definition) is 0. The fourth-order valence-corrected chi connectivity index (χ4v) is 3.02. The van der Waals surface area contributed by atoms with E-state index in [1.165, 1.54) is 17.2 Å². The Labute approximate surface area is 208 Å². The molecule has 31 heavy (non-hydrogen) atoms. The Kier molecular flexibility index (Phi) is 8.44. The van der Waals surface area contributed by atoms with E-state index in [4.69, 9.17) is 79.1 Å². The molecule has 1 aliphatic rings. The molecule has 2 rings (SSSR count). The number of hydrogen-bond acceptors (Lipinski definition) is 6. The van der Waals surface area contributed by atoms with Gasteiger partial charge >= 0.3 is 12.2 Å². The molecule has 1 aromatic rings. The van der Waals surface area contributed by atoms with Crippen molar-refractivity contribution in [2.24, 2.45) is 5.41 Å². The number of amides is 3. The van der Waals surface area contributed by atoms with E-state index in [-0.39, 0.29) is 17.1 Å². The molecule has 8 nitrogen and oxygen atoms in total. The number of alkyl halides is 6. The van der Waals surface area contributed by atoms with Crippen molar-refractivity contribution in [1.29, 1.82) is 0 Å². The van der Waals surface area contributed by atoms with Gasteiger partial charge in [0.1, 0.15) is 13.2 Å². The molecule has 0 atom stereocenters. The topological polar surface area (TPSA) is 89.0 Å². The molecule has 1 saturated heterocycles. The second kappa shape index (κ2) is 9.93. The Bertz CT molecular complexity index is 825. The number of aromatic nitrogens is 1. The zero-order chi connectivity index (χ0) is 23.6. The van der Waals surface area contributed by atoms with Crippen molar-refractivity contribution >= 4 is 99.2 Å². The predicted octanol–water partition coefficient (Wildman–Crippen LogP) is 5.66. The largest absolute Gasteiger partial charge is 0.444 e. The summed E-state index contributed by atoms with van der Waals surface area (Å²) in [6.07, 6.45) is -0.859. The van der Waals surface area contributed by atoms with Gasteiger partial charge in [-0.3, -0.25) is 4.79 Å². The van der Waals surface area contributed by atoms with Gasteiger partial charge in [-0.15, -0.1) is 0 Å². The van der Waals surface area contributed by atoms with Gasteiger partial charge in [0.05, 0.1) is 0 Å². The predicted molar refractivity (Wildman–Crippen MR) is 121 cm³/mol. The van der Waals surface area contributed by atoms with Crippen molar-refractivity contribution in [2.75, 3.05) is 29.6 Å². The maximum Gasteiger partial charge on any atom is 0.425 e. The van der Waals surface area contributed by atoms with Crippen molar-refractivity contribution in [2.45, 2.75) is 27.9 Å². The lowest BCUT2D eigenvalue weighted by Gasteiger charge is -2.23. The van der Waals surface area contributed by atoms with Crippen molar-refractivity contribution in [3.05, 3.63) is 18.3 Å². The van der Waals surface area contributed by atoms with Gasteiger partial charge in [-0.05, 0) is 11.5 Å². The fourth-order valence-electron chi connectivity index (χ4n) is 2.69. The quantitative estimate of drug-likeness (QED) is 0.445. The van der Waals surface area contributed by atoms with Gasteiger partial charge in [-0.2, -0.15) is 4.90 Å². The van der Waals surface area contributed by atoms with Crippen LogP contribution in [0.1, 0.15) is 20.3 Å². The number of ether oxygens (including phenoxy) is 2. The summed E-state index contributed by atoms with van der Waals surface area (Å²) in [5.74, 6) is -0.329. The first-order valence-electron chi connectivity index (χ1n) is 8.62. The average Bonchev–Trinajstić information content (AvgIpc) is 2.90. The maximum absolute atomic E-state index is 12.6. The van der Waals surface area contributed by atoms with Crippen LogP contribution in [0.3, 0.4) is 0 Å². The van der Waals surface area contributed by atoms with Crippen LogP contribution in [0.5, 0.6) is 0 Å². The van der Waals surface area contributed by atoms with E-state index in [0.29, 0.717) is 23.6 Å². The van der Waals surface area contributed by atoms with Gasteiger partial charge in [-0.25, -0.2) is 14.6 Å². The SMILES string of the molecule is CC1(C)CC(=O)N(c2ccnc(N(C(=O)OCC(Cl)(Cl)Cl)C(=O)OCC(Cl)(Cl)Cl)c2)C1. The lowest BCUT2D eigenvalue weighted by Crippen LogP contribution is -2.41. The Morgan fingerprint density at radius 3 is 2.03 bits per heavy atom. The van der Waals surface area contributed by atoms with Gasteiger partial charge in [0, 0.05) is 30.9 Å². The third-order valence-corrected chi connectivity index (χ3v) is 4.53. The molecule has 1 aliphatic heterocycles. The van der Waals surface area contributed by atoms with Crippen molar-refractivity contribution in [3.63, 3.8) is 0 Å². The van der Waals surface area contributed by atoms with Crippen LogP contribution in [0.15, 0.2) is 18.3 Å². The van der Waals surface area contributed by atoms with E-state index in [1.54, 1.807) is 6.07 Å². The first-order chi connectivity index (χ1) is 14.1. The molecule has 1 aromatic heterocycles. The van der Waals surface area contributed by atoms with E-state index in [9.17, 15) is 14.4 Å². The summed E-state index contributed by atoms with van der Waals surface area (Å²) >= 11 is 33.5. The Morgan fingerprint density at radius 1 is 1.10 bits per heavy atom. The summed E-state index contributed by atoms with van der Waals surface area (Å²) in [5, 5.41) is 0. The summed E-state index contributed by atoms with van der Waals surface area (Å²) < 4.78 is 5.88. The van der Waals surface area contributed by atoms with E-state index in [2.05, 4.69) is 4.98 Å². The summed E-state index contributed by atoms with van der Waals surface area (Å²) in [6.45, 7) is 3.00. The van der Waals surface area contributed by atoms with Crippen LogP contribution in [-0.2, 0) is 14.3 Å². The summed E-state index contributed by atoms with van der Waals surface area (Å²) in [4.78, 5) is 43.5. The highest BCUT2D eigenvalue weighted by molar-refractivity contribution is 6.68. The average molecular weight is 556 g/mol. The van der Waals surface area contributed by atoms with Gasteiger partial charge in [-0.1, -0.05) is 83.5 Å². The molecule has 3 amide bonds. The minimum absolute atomic E-state index is 0.119. The monoisotopic (exact) mass is 553 g/mol. The number of anilines is 2. The molecule has 0 saturated carbocycles. The molecule has 0 aliphatic carbocycles. The van der Waals surface area contributed by atoms with Gasteiger partial charge in [0.2, 0.25) is 13.5 Å². The highest BCUT2D eigenvalue weighted by Gasteiger charge is 2.38. The van der Waals surface area contributed by atoms with Crippen molar-refractivity contribution < 1.29 is 23.9 Å². The van der Waals surface area contributed by atoms with Crippen molar-refractivity contribution in [3.8, 4) is 0 Å². The molecule has 1 fully saturated rings. The molecule has 2 heterocycles. The number of imide groups is 1. The molecule has 0 N–H and O–H groups in total. The molecule has 0 bridgehead atoms. The zero-order valence-electron chi connectivity index (χ0n) is 16.2. The second-order valence-electron chi connectivity index (χ2n) is 7.37. The first-order valence-corrected chi connectivity index (χ1v) is 10.9. The van der Waals surface area contributed by atoms with Crippen LogP contribution in [0.2, 0.25) is 0 Å². The second-order valence-corrected chi connectivity index (χ2v) is 12.4. The molecule has 0 radical (unpaired) electrons. The van der Waals surface area contributed by atoms with Gasteiger partial charge in [0.25, 0.3) is 0 Å². The maximum atomic E-state index is 12.6. The molecular weight excluding hydrogens is 539 g/mol. The molecule has 14 heteroatoms. The number of rotatable bonds is 4.